The predicted molar refractivity (Wildman–Crippen MR) is 47.5 cm³/mol. The SMILES string of the molecule is CC[C@H](C)[C@H]1OC[C@@H](C)[C@H]1C. The zero-order chi connectivity index (χ0) is 8.43. The minimum atomic E-state index is 0.523. The van der Waals surface area contributed by atoms with Crippen LogP contribution in [0.2, 0.25) is 0 Å². The monoisotopic (exact) mass is 156 g/mol. The first-order chi connectivity index (χ1) is 5.16. The van der Waals surface area contributed by atoms with Gasteiger partial charge in [0.2, 0.25) is 0 Å². The van der Waals surface area contributed by atoms with Crippen molar-refractivity contribution in [2.75, 3.05) is 6.61 Å². The van der Waals surface area contributed by atoms with E-state index in [0.29, 0.717) is 6.10 Å². The van der Waals surface area contributed by atoms with E-state index in [4.69, 9.17) is 4.74 Å². The normalized spacial score (nSPS) is 40.9. The summed E-state index contributed by atoms with van der Waals surface area (Å²) in [6, 6.07) is 0. The van der Waals surface area contributed by atoms with Gasteiger partial charge < -0.3 is 4.74 Å². The van der Waals surface area contributed by atoms with Crippen molar-refractivity contribution in [3.63, 3.8) is 0 Å². The Hall–Kier alpha value is -0.0400. The van der Waals surface area contributed by atoms with Crippen molar-refractivity contribution in [2.24, 2.45) is 17.8 Å². The smallest absolute Gasteiger partial charge is 0.0629 e. The summed E-state index contributed by atoms with van der Waals surface area (Å²) in [5, 5.41) is 0. The van der Waals surface area contributed by atoms with E-state index in [1.54, 1.807) is 0 Å². The van der Waals surface area contributed by atoms with Crippen LogP contribution in [0.15, 0.2) is 0 Å². The highest BCUT2D eigenvalue weighted by atomic mass is 16.5. The summed E-state index contributed by atoms with van der Waals surface area (Å²) in [6.07, 6.45) is 1.76. The van der Waals surface area contributed by atoms with Gasteiger partial charge in [-0.1, -0.05) is 34.1 Å². The first-order valence-corrected chi connectivity index (χ1v) is 4.78. The Morgan fingerprint density at radius 2 is 2.09 bits per heavy atom. The maximum absolute atomic E-state index is 5.73. The highest BCUT2D eigenvalue weighted by molar-refractivity contribution is 4.81. The molecule has 0 aliphatic carbocycles. The molecule has 0 aromatic heterocycles. The molecule has 0 amide bonds. The molecule has 0 radical (unpaired) electrons. The van der Waals surface area contributed by atoms with E-state index >= 15 is 0 Å². The average Bonchev–Trinajstić information content (AvgIpc) is 2.32. The summed E-state index contributed by atoms with van der Waals surface area (Å²) in [5.74, 6) is 2.24. The lowest BCUT2D eigenvalue weighted by Crippen LogP contribution is -2.23. The van der Waals surface area contributed by atoms with Gasteiger partial charge in [0.15, 0.2) is 0 Å². The summed E-state index contributed by atoms with van der Waals surface area (Å²) in [4.78, 5) is 0. The first kappa shape index (κ1) is 9.05. The van der Waals surface area contributed by atoms with E-state index < -0.39 is 0 Å². The van der Waals surface area contributed by atoms with Gasteiger partial charge >= 0.3 is 0 Å². The molecule has 0 N–H and O–H groups in total. The summed E-state index contributed by atoms with van der Waals surface area (Å²) in [6.45, 7) is 10.1. The largest absolute Gasteiger partial charge is 0.377 e. The highest BCUT2D eigenvalue weighted by Gasteiger charge is 2.33. The maximum atomic E-state index is 5.73. The molecule has 1 heteroatoms. The molecule has 0 bridgehead atoms. The van der Waals surface area contributed by atoms with E-state index in [9.17, 15) is 0 Å². The van der Waals surface area contributed by atoms with Gasteiger partial charge in [0.1, 0.15) is 0 Å². The quantitative estimate of drug-likeness (QED) is 0.597. The minimum Gasteiger partial charge on any atom is -0.377 e. The Balaban J connectivity index is 2.47. The first-order valence-electron chi connectivity index (χ1n) is 4.78. The molecule has 11 heavy (non-hydrogen) atoms. The van der Waals surface area contributed by atoms with Gasteiger partial charge in [-0.2, -0.15) is 0 Å². The van der Waals surface area contributed by atoms with Gasteiger partial charge in [0, 0.05) is 6.61 Å². The van der Waals surface area contributed by atoms with Crippen LogP contribution in [0.4, 0.5) is 0 Å². The Kier molecular flexibility index (Phi) is 2.94. The van der Waals surface area contributed by atoms with Crippen molar-refractivity contribution in [3.05, 3.63) is 0 Å². The van der Waals surface area contributed by atoms with Crippen molar-refractivity contribution in [1.29, 1.82) is 0 Å². The fourth-order valence-electron chi connectivity index (χ4n) is 1.81. The number of ether oxygens (including phenoxy) is 1. The van der Waals surface area contributed by atoms with E-state index in [1.165, 1.54) is 6.42 Å². The predicted octanol–water partition coefficient (Wildman–Crippen LogP) is 2.70. The minimum absolute atomic E-state index is 0.523. The zero-order valence-electron chi connectivity index (χ0n) is 8.13. The molecule has 66 valence electrons. The molecule has 1 aliphatic heterocycles. The van der Waals surface area contributed by atoms with Crippen LogP contribution in [0.3, 0.4) is 0 Å². The molecule has 1 fully saturated rings. The third-order valence-electron chi connectivity index (χ3n) is 3.17. The summed E-state index contributed by atoms with van der Waals surface area (Å²) >= 11 is 0. The fourth-order valence-corrected chi connectivity index (χ4v) is 1.81. The Labute approximate surface area is 70.1 Å². The second kappa shape index (κ2) is 3.57. The van der Waals surface area contributed by atoms with Crippen LogP contribution < -0.4 is 0 Å². The summed E-state index contributed by atoms with van der Waals surface area (Å²) < 4.78 is 5.73. The van der Waals surface area contributed by atoms with Crippen LogP contribution in [0, 0.1) is 17.8 Å². The van der Waals surface area contributed by atoms with Crippen LogP contribution in [0.25, 0.3) is 0 Å². The van der Waals surface area contributed by atoms with Gasteiger partial charge in [-0.25, -0.2) is 0 Å². The third-order valence-corrected chi connectivity index (χ3v) is 3.17. The van der Waals surface area contributed by atoms with Crippen LogP contribution in [-0.4, -0.2) is 12.7 Å². The molecule has 1 saturated heterocycles. The van der Waals surface area contributed by atoms with Gasteiger partial charge in [-0.3, -0.25) is 0 Å². The van der Waals surface area contributed by atoms with Crippen LogP contribution >= 0.6 is 0 Å². The molecule has 1 aliphatic rings. The second-order valence-corrected chi connectivity index (χ2v) is 4.02. The molecule has 0 unspecified atom stereocenters. The lowest BCUT2D eigenvalue weighted by atomic mass is 9.87. The third kappa shape index (κ3) is 1.76. The lowest BCUT2D eigenvalue weighted by Gasteiger charge is -2.21. The maximum Gasteiger partial charge on any atom is 0.0629 e. The van der Waals surface area contributed by atoms with Crippen molar-refractivity contribution < 1.29 is 4.74 Å². The molecule has 1 heterocycles. The molecule has 4 atom stereocenters. The van der Waals surface area contributed by atoms with E-state index in [0.717, 1.165) is 24.4 Å². The molecular weight excluding hydrogens is 136 g/mol. The van der Waals surface area contributed by atoms with E-state index in [1.807, 2.05) is 0 Å². The highest BCUT2D eigenvalue weighted by Crippen LogP contribution is 2.31. The molecule has 0 spiro atoms. The summed E-state index contributed by atoms with van der Waals surface area (Å²) in [7, 11) is 0. The lowest BCUT2D eigenvalue weighted by molar-refractivity contribution is 0.0499. The molecule has 0 saturated carbocycles. The molecule has 1 rings (SSSR count). The summed E-state index contributed by atoms with van der Waals surface area (Å²) in [5.41, 5.74) is 0. The van der Waals surface area contributed by atoms with Crippen LogP contribution in [0.1, 0.15) is 34.1 Å². The number of rotatable bonds is 2. The topological polar surface area (TPSA) is 9.23 Å². The van der Waals surface area contributed by atoms with Crippen molar-refractivity contribution in [2.45, 2.75) is 40.2 Å². The van der Waals surface area contributed by atoms with Crippen molar-refractivity contribution in [1.82, 2.24) is 0 Å². The molecular formula is C10H20O. The van der Waals surface area contributed by atoms with Crippen molar-refractivity contribution >= 4 is 0 Å². The Morgan fingerprint density at radius 1 is 1.45 bits per heavy atom. The number of hydrogen-bond acceptors (Lipinski definition) is 1. The molecule has 0 aromatic carbocycles. The van der Waals surface area contributed by atoms with Gasteiger partial charge in [0.05, 0.1) is 6.10 Å². The average molecular weight is 156 g/mol. The molecule has 1 nitrogen and oxygen atoms in total. The van der Waals surface area contributed by atoms with E-state index in [2.05, 4.69) is 27.7 Å². The fraction of sp³-hybridized carbons (Fsp3) is 1.00. The van der Waals surface area contributed by atoms with Crippen LogP contribution in [-0.2, 0) is 4.74 Å². The van der Waals surface area contributed by atoms with E-state index in [-0.39, 0.29) is 0 Å². The van der Waals surface area contributed by atoms with Gasteiger partial charge in [0.25, 0.3) is 0 Å². The van der Waals surface area contributed by atoms with Crippen LogP contribution in [0.5, 0.6) is 0 Å². The van der Waals surface area contributed by atoms with Crippen molar-refractivity contribution in [3.8, 4) is 0 Å². The van der Waals surface area contributed by atoms with Gasteiger partial charge in [-0.05, 0) is 17.8 Å². The Morgan fingerprint density at radius 3 is 2.45 bits per heavy atom. The number of hydrogen-bond donors (Lipinski definition) is 0. The second-order valence-electron chi connectivity index (χ2n) is 4.02. The molecule has 0 aromatic rings. The standard InChI is InChI=1S/C10H20O/c1-5-7(2)10-9(4)8(3)6-11-10/h7-10H,5-6H2,1-4H3/t7-,8+,9+,10+/m0/s1. The zero-order valence-corrected chi connectivity index (χ0v) is 8.13. The van der Waals surface area contributed by atoms with Gasteiger partial charge in [-0.15, -0.1) is 0 Å². The Bertz CT molecular complexity index is 122.